The largest absolute Gasteiger partial charge is 0.508 e. The van der Waals surface area contributed by atoms with Gasteiger partial charge in [-0.05, 0) is 72.4 Å². The van der Waals surface area contributed by atoms with Gasteiger partial charge in [0.2, 0.25) is 30.9 Å². The molecule has 0 spiro atoms. The molecule has 4 aromatic carbocycles. The minimum Gasteiger partial charge on any atom is -0.508 e. The van der Waals surface area contributed by atoms with Crippen LogP contribution >= 0.6 is 19.1 Å². The fraction of sp³-hybridized carbons (Fsp3) is 0.275. The van der Waals surface area contributed by atoms with Gasteiger partial charge in [0.1, 0.15) is 17.8 Å². The predicted octanol–water partition coefficient (Wildman–Crippen LogP) is 2.19. The molecule has 4 rings (SSSR count). The number of rotatable bonds is 20. The molecular formula is C40H46N5O8PS. The molecule has 0 bridgehead atoms. The predicted molar refractivity (Wildman–Crippen MR) is 214 cm³/mol. The van der Waals surface area contributed by atoms with E-state index in [4.69, 9.17) is 4.74 Å². The van der Waals surface area contributed by atoms with Gasteiger partial charge in [0.25, 0.3) is 0 Å². The number of phenolic OH excluding ortho intramolecular Hbond substituents is 1. The lowest BCUT2D eigenvalue weighted by Crippen LogP contribution is -2.54. The number of amides is 4. The van der Waals surface area contributed by atoms with Crippen LogP contribution < -0.4 is 37.0 Å². The van der Waals surface area contributed by atoms with Crippen molar-refractivity contribution in [2.45, 2.75) is 37.4 Å². The molecule has 55 heavy (non-hydrogen) atoms. The Bertz CT molecular complexity index is 1880. The van der Waals surface area contributed by atoms with Crippen molar-refractivity contribution in [3.05, 3.63) is 126 Å². The van der Waals surface area contributed by atoms with Crippen molar-refractivity contribution in [1.29, 1.82) is 0 Å². The van der Waals surface area contributed by atoms with Crippen LogP contribution in [0.1, 0.15) is 17.5 Å². The molecule has 0 unspecified atom stereocenters. The minimum atomic E-state index is -3.60. The van der Waals surface area contributed by atoms with Gasteiger partial charge < -0.3 is 31.1 Å². The monoisotopic (exact) mass is 787 g/mol. The molecule has 0 aliphatic heterocycles. The van der Waals surface area contributed by atoms with Crippen LogP contribution in [-0.2, 0) is 46.1 Å². The summed E-state index contributed by atoms with van der Waals surface area (Å²) >= 11 is 1.50. The molecule has 290 valence electrons. The van der Waals surface area contributed by atoms with E-state index in [1.54, 1.807) is 97.1 Å². The molecule has 4 amide bonds. The Morgan fingerprint density at radius 2 is 1.18 bits per heavy atom. The number of benzene rings is 4. The van der Waals surface area contributed by atoms with E-state index in [1.807, 2.05) is 12.3 Å². The number of phenols is 1. The quantitative estimate of drug-likeness (QED) is 0.0572. The van der Waals surface area contributed by atoms with Gasteiger partial charge in [-0.15, -0.1) is 0 Å². The van der Waals surface area contributed by atoms with Crippen LogP contribution in [0.3, 0.4) is 0 Å². The highest BCUT2D eigenvalue weighted by Crippen LogP contribution is 2.39. The molecule has 0 fully saturated rings. The fourth-order valence-corrected chi connectivity index (χ4v) is 8.49. The van der Waals surface area contributed by atoms with E-state index in [0.29, 0.717) is 28.3 Å². The lowest BCUT2D eigenvalue weighted by atomic mass is 10.0. The Morgan fingerprint density at radius 3 is 1.75 bits per heavy atom. The Balaban J connectivity index is 1.42. The third kappa shape index (κ3) is 13.1. The Morgan fingerprint density at radius 1 is 0.655 bits per heavy atom. The average molecular weight is 788 g/mol. The highest BCUT2D eigenvalue weighted by molar-refractivity contribution is 7.98. The number of carbonyl (C=O) groups is 5. The smallest absolute Gasteiger partial charge is 0.328 e. The molecule has 0 saturated heterocycles. The second kappa shape index (κ2) is 21.5. The van der Waals surface area contributed by atoms with E-state index < -0.39 is 68.1 Å². The van der Waals surface area contributed by atoms with Gasteiger partial charge in [-0.1, -0.05) is 78.9 Å². The van der Waals surface area contributed by atoms with Crippen molar-refractivity contribution in [1.82, 2.24) is 26.4 Å². The molecule has 4 aromatic rings. The maximum Gasteiger partial charge on any atom is 0.328 e. The Kier molecular flexibility index (Phi) is 16.5. The van der Waals surface area contributed by atoms with Gasteiger partial charge in [0, 0.05) is 17.0 Å². The van der Waals surface area contributed by atoms with Crippen LogP contribution in [0.25, 0.3) is 0 Å². The zero-order chi connectivity index (χ0) is 39.6. The number of hydrogen-bond acceptors (Lipinski definition) is 9. The third-order valence-corrected chi connectivity index (χ3v) is 11.9. The van der Waals surface area contributed by atoms with Crippen molar-refractivity contribution in [2.75, 3.05) is 32.2 Å². The van der Waals surface area contributed by atoms with Gasteiger partial charge in [0.15, 0.2) is 0 Å². The van der Waals surface area contributed by atoms with Crippen molar-refractivity contribution in [3.63, 3.8) is 0 Å². The number of esters is 1. The fourth-order valence-electron chi connectivity index (χ4n) is 5.59. The first-order chi connectivity index (χ1) is 26.5. The van der Waals surface area contributed by atoms with Crippen molar-refractivity contribution in [3.8, 4) is 5.75 Å². The molecule has 3 atom stereocenters. The minimum absolute atomic E-state index is 0.0428. The second-order valence-corrected chi connectivity index (χ2v) is 16.0. The number of ether oxygens (including phenoxy) is 1. The summed E-state index contributed by atoms with van der Waals surface area (Å²) in [5.74, 6) is -2.55. The summed E-state index contributed by atoms with van der Waals surface area (Å²) in [6, 6.07) is 29.6. The summed E-state index contributed by atoms with van der Waals surface area (Å²) in [5.41, 5.74) is 1.42. The molecular weight excluding hydrogens is 742 g/mol. The summed E-state index contributed by atoms with van der Waals surface area (Å²) in [4.78, 5) is 65.4. The molecule has 15 heteroatoms. The van der Waals surface area contributed by atoms with Gasteiger partial charge in [0.05, 0.1) is 26.2 Å². The van der Waals surface area contributed by atoms with Crippen LogP contribution in [0.4, 0.5) is 0 Å². The van der Waals surface area contributed by atoms with E-state index >= 15 is 0 Å². The van der Waals surface area contributed by atoms with Gasteiger partial charge in [-0.25, -0.2) is 9.88 Å². The van der Waals surface area contributed by atoms with E-state index in [2.05, 4.69) is 26.4 Å². The Hall–Kier alpha value is -5.43. The average Bonchev–Trinajstić information content (AvgIpc) is 3.21. The molecule has 6 N–H and O–H groups in total. The van der Waals surface area contributed by atoms with E-state index in [-0.39, 0.29) is 18.6 Å². The summed E-state index contributed by atoms with van der Waals surface area (Å²) in [6.07, 6.45) is 2.38. The molecule has 0 aromatic heterocycles. The van der Waals surface area contributed by atoms with Gasteiger partial charge in [-0.3, -0.25) is 23.7 Å². The highest BCUT2D eigenvalue weighted by atomic mass is 32.2. The van der Waals surface area contributed by atoms with Crippen molar-refractivity contribution in [2.24, 2.45) is 0 Å². The first kappa shape index (κ1) is 42.3. The first-order valence-electron chi connectivity index (χ1n) is 17.5. The Labute approximate surface area is 324 Å². The van der Waals surface area contributed by atoms with E-state index in [1.165, 1.54) is 31.0 Å². The van der Waals surface area contributed by atoms with Crippen LogP contribution in [0.2, 0.25) is 0 Å². The summed E-state index contributed by atoms with van der Waals surface area (Å²) in [5, 5.41) is 24.2. The van der Waals surface area contributed by atoms with Gasteiger partial charge >= 0.3 is 5.97 Å². The van der Waals surface area contributed by atoms with Crippen LogP contribution in [0.5, 0.6) is 5.75 Å². The standard InChI is InChI=1S/C40H46N5O8PS/c1-53-40(51)33(22-23-55-2)44-39(50)34(24-28-12-6-3-7-13-28)43-37(48)27-41-36(47)26-42-38(49)35(25-29-18-20-30(46)21-19-29)45-54(52,31-14-8-4-9-15-31)32-16-10-5-11-17-32/h3-21,33-35,46H,22-27H2,1-2H3,(H,41,47)(H,42,49)(H,43,48)(H,44,50)(H,45,52)/t33-,34-,35-/m0/s1. The third-order valence-electron chi connectivity index (χ3n) is 8.49. The van der Waals surface area contributed by atoms with E-state index in [0.717, 1.165) is 5.56 Å². The molecule has 0 aliphatic rings. The van der Waals surface area contributed by atoms with Gasteiger partial charge in [-0.2, -0.15) is 11.8 Å². The number of hydrogen-bond donors (Lipinski definition) is 6. The van der Waals surface area contributed by atoms with Crippen LogP contribution in [0.15, 0.2) is 115 Å². The summed E-state index contributed by atoms with van der Waals surface area (Å²) in [6.45, 7) is -1.02. The maximum absolute atomic E-state index is 14.8. The number of carbonyl (C=O) groups excluding carboxylic acids is 5. The number of methoxy groups -OCH3 is 1. The first-order valence-corrected chi connectivity index (χ1v) is 20.6. The summed E-state index contributed by atoms with van der Waals surface area (Å²) in [7, 11) is -2.37. The molecule has 13 nitrogen and oxygen atoms in total. The molecule has 0 aliphatic carbocycles. The summed E-state index contributed by atoms with van der Waals surface area (Å²) < 4.78 is 19.6. The molecule has 0 heterocycles. The van der Waals surface area contributed by atoms with Crippen molar-refractivity contribution < 1.29 is 38.4 Å². The maximum atomic E-state index is 14.8. The lowest BCUT2D eigenvalue weighted by molar-refractivity contribution is -0.145. The van der Waals surface area contributed by atoms with Crippen LogP contribution in [0, 0.1) is 0 Å². The molecule has 0 saturated carbocycles. The molecule has 0 radical (unpaired) electrons. The lowest BCUT2D eigenvalue weighted by Gasteiger charge is -2.26. The zero-order valence-corrected chi connectivity index (χ0v) is 32.3. The number of thioether (sulfide) groups is 1. The topological polar surface area (TPSA) is 192 Å². The number of aromatic hydroxyl groups is 1. The SMILES string of the molecule is COC(=O)[C@H](CCSC)NC(=O)[C@H](Cc1ccccc1)NC(=O)CNC(=O)CNC(=O)[C@H](Cc1ccc(O)cc1)NP(=O)(c1ccccc1)c1ccccc1. The van der Waals surface area contributed by atoms with E-state index in [9.17, 15) is 33.6 Å². The number of nitrogens with one attached hydrogen (secondary N) is 5. The highest BCUT2D eigenvalue weighted by Gasteiger charge is 2.33. The van der Waals surface area contributed by atoms with Crippen LogP contribution in [-0.4, -0.2) is 85.0 Å². The van der Waals surface area contributed by atoms with Crippen molar-refractivity contribution >= 4 is 59.3 Å². The zero-order valence-electron chi connectivity index (χ0n) is 30.6. The second-order valence-electron chi connectivity index (χ2n) is 12.5. The normalized spacial score (nSPS) is 12.7.